The number of nitrogens with one attached hydrogen (secondary N) is 1. The zero-order valence-corrected chi connectivity index (χ0v) is 13.4. The van der Waals surface area contributed by atoms with Gasteiger partial charge in [0.05, 0.1) is 11.0 Å². The fraction of sp³-hybridized carbons (Fsp3) is 0.263. The third-order valence-corrected chi connectivity index (χ3v) is 4.74. The molecule has 0 spiro atoms. The number of halogens is 1. The van der Waals surface area contributed by atoms with Gasteiger partial charge >= 0.3 is 0 Å². The van der Waals surface area contributed by atoms with Crippen LogP contribution >= 0.6 is 0 Å². The highest BCUT2D eigenvalue weighted by molar-refractivity contribution is 6.01. The van der Waals surface area contributed by atoms with Crippen LogP contribution in [0, 0.1) is 12.7 Å². The maximum absolute atomic E-state index is 13.6. The van der Waals surface area contributed by atoms with E-state index in [-0.39, 0.29) is 11.5 Å². The standard InChI is InChI=1S/C19H19FN2O2/c1-12-3-5-13(6-4-12)19(9-2-10-19)18(24)22-14-7-8-16(20)15(11-14)17(21)23/h3-8,11H,2,9-10H2,1H3,(H2,21,23)(H,22,24). The Morgan fingerprint density at radius 3 is 2.33 bits per heavy atom. The molecule has 2 aromatic carbocycles. The summed E-state index contributed by atoms with van der Waals surface area (Å²) in [4.78, 5) is 24.1. The summed E-state index contributed by atoms with van der Waals surface area (Å²) in [5.41, 5.74) is 6.85. The van der Waals surface area contributed by atoms with Gasteiger partial charge in [-0.2, -0.15) is 0 Å². The van der Waals surface area contributed by atoms with E-state index in [1.54, 1.807) is 0 Å². The van der Waals surface area contributed by atoms with Crippen molar-refractivity contribution in [2.45, 2.75) is 31.6 Å². The number of aryl methyl sites for hydroxylation is 1. The van der Waals surface area contributed by atoms with Crippen molar-refractivity contribution in [2.75, 3.05) is 5.32 Å². The fourth-order valence-corrected chi connectivity index (χ4v) is 3.09. The van der Waals surface area contributed by atoms with Crippen LogP contribution in [0.3, 0.4) is 0 Å². The normalized spacial score (nSPS) is 15.4. The molecule has 0 radical (unpaired) electrons. The highest BCUT2D eigenvalue weighted by Gasteiger charge is 2.45. The molecule has 0 aromatic heterocycles. The van der Waals surface area contributed by atoms with Crippen LogP contribution in [0.15, 0.2) is 42.5 Å². The van der Waals surface area contributed by atoms with Crippen molar-refractivity contribution in [1.82, 2.24) is 0 Å². The van der Waals surface area contributed by atoms with Gasteiger partial charge in [-0.15, -0.1) is 0 Å². The zero-order chi connectivity index (χ0) is 17.3. The van der Waals surface area contributed by atoms with Crippen LogP contribution < -0.4 is 11.1 Å². The van der Waals surface area contributed by atoms with Crippen molar-refractivity contribution in [2.24, 2.45) is 5.73 Å². The molecule has 1 fully saturated rings. The summed E-state index contributed by atoms with van der Waals surface area (Å²) in [6.07, 6.45) is 2.52. The van der Waals surface area contributed by atoms with Crippen molar-refractivity contribution in [1.29, 1.82) is 0 Å². The second-order valence-electron chi connectivity index (χ2n) is 6.31. The van der Waals surface area contributed by atoms with Crippen molar-refractivity contribution >= 4 is 17.5 Å². The summed E-state index contributed by atoms with van der Waals surface area (Å²) in [6.45, 7) is 2.00. The van der Waals surface area contributed by atoms with Crippen LogP contribution in [0.1, 0.15) is 40.7 Å². The number of benzene rings is 2. The maximum atomic E-state index is 13.6. The van der Waals surface area contributed by atoms with Crippen LogP contribution in [0.5, 0.6) is 0 Å². The summed E-state index contributed by atoms with van der Waals surface area (Å²) in [7, 11) is 0. The Kier molecular flexibility index (Phi) is 4.09. The molecule has 1 saturated carbocycles. The number of hydrogen-bond acceptors (Lipinski definition) is 2. The third kappa shape index (κ3) is 2.77. The van der Waals surface area contributed by atoms with Gasteiger partial charge in [0.25, 0.3) is 5.91 Å². The predicted octanol–water partition coefficient (Wildman–Crippen LogP) is 3.29. The molecule has 0 atom stereocenters. The number of hydrogen-bond donors (Lipinski definition) is 2. The smallest absolute Gasteiger partial charge is 0.251 e. The Balaban J connectivity index is 1.87. The molecule has 0 heterocycles. The molecule has 0 saturated heterocycles. The van der Waals surface area contributed by atoms with Gasteiger partial charge in [0.1, 0.15) is 5.82 Å². The first-order chi connectivity index (χ1) is 11.4. The van der Waals surface area contributed by atoms with E-state index in [2.05, 4.69) is 5.32 Å². The summed E-state index contributed by atoms with van der Waals surface area (Å²) in [6, 6.07) is 11.8. The Morgan fingerprint density at radius 2 is 1.79 bits per heavy atom. The second kappa shape index (κ2) is 6.07. The average Bonchev–Trinajstić information content (AvgIpc) is 2.49. The predicted molar refractivity (Wildman–Crippen MR) is 90.3 cm³/mol. The molecule has 2 amide bonds. The Morgan fingerprint density at radius 1 is 1.12 bits per heavy atom. The molecule has 4 nitrogen and oxygen atoms in total. The number of carbonyl (C=O) groups excluding carboxylic acids is 2. The first-order valence-corrected chi connectivity index (χ1v) is 7.90. The number of primary amides is 1. The topological polar surface area (TPSA) is 72.2 Å². The van der Waals surface area contributed by atoms with Gasteiger partial charge in [-0.1, -0.05) is 36.2 Å². The van der Waals surface area contributed by atoms with E-state index in [4.69, 9.17) is 5.73 Å². The lowest BCUT2D eigenvalue weighted by atomic mass is 9.63. The van der Waals surface area contributed by atoms with E-state index in [9.17, 15) is 14.0 Å². The minimum absolute atomic E-state index is 0.139. The van der Waals surface area contributed by atoms with Gasteiger partial charge in [0.2, 0.25) is 5.91 Å². The molecule has 3 rings (SSSR count). The molecule has 2 aromatic rings. The van der Waals surface area contributed by atoms with Gasteiger partial charge < -0.3 is 11.1 Å². The van der Waals surface area contributed by atoms with E-state index in [0.29, 0.717) is 5.69 Å². The Bertz CT molecular complexity index is 796. The van der Waals surface area contributed by atoms with Crippen LogP contribution in [-0.4, -0.2) is 11.8 Å². The molecule has 5 heteroatoms. The van der Waals surface area contributed by atoms with Gasteiger partial charge in [-0.25, -0.2) is 4.39 Å². The van der Waals surface area contributed by atoms with Crippen LogP contribution in [0.25, 0.3) is 0 Å². The van der Waals surface area contributed by atoms with Crippen molar-refractivity contribution in [3.63, 3.8) is 0 Å². The highest BCUT2D eigenvalue weighted by Crippen LogP contribution is 2.44. The van der Waals surface area contributed by atoms with Gasteiger partial charge in [0, 0.05) is 5.69 Å². The molecule has 1 aliphatic rings. The largest absolute Gasteiger partial charge is 0.366 e. The lowest BCUT2D eigenvalue weighted by Crippen LogP contribution is -2.46. The molecule has 24 heavy (non-hydrogen) atoms. The zero-order valence-electron chi connectivity index (χ0n) is 13.4. The van der Waals surface area contributed by atoms with E-state index < -0.39 is 17.1 Å². The van der Waals surface area contributed by atoms with E-state index in [1.165, 1.54) is 12.1 Å². The van der Waals surface area contributed by atoms with Crippen molar-refractivity contribution in [3.05, 3.63) is 65.0 Å². The number of carbonyl (C=O) groups is 2. The summed E-state index contributed by atoms with van der Waals surface area (Å²) < 4.78 is 13.6. The first kappa shape index (κ1) is 16.2. The van der Waals surface area contributed by atoms with Crippen molar-refractivity contribution in [3.8, 4) is 0 Å². The molecule has 0 aliphatic heterocycles. The minimum Gasteiger partial charge on any atom is -0.366 e. The summed E-state index contributed by atoms with van der Waals surface area (Å²) in [5, 5.41) is 2.81. The van der Waals surface area contributed by atoms with Gasteiger partial charge in [-0.05, 0) is 43.5 Å². The number of nitrogens with two attached hydrogens (primary N) is 1. The lowest BCUT2D eigenvalue weighted by Gasteiger charge is -2.40. The first-order valence-electron chi connectivity index (χ1n) is 7.90. The van der Waals surface area contributed by atoms with Crippen LogP contribution in [0.4, 0.5) is 10.1 Å². The number of rotatable bonds is 4. The van der Waals surface area contributed by atoms with E-state index >= 15 is 0 Å². The third-order valence-electron chi connectivity index (χ3n) is 4.74. The second-order valence-corrected chi connectivity index (χ2v) is 6.31. The van der Waals surface area contributed by atoms with E-state index in [0.717, 1.165) is 36.5 Å². The Hall–Kier alpha value is -2.69. The maximum Gasteiger partial charge on any atom is 0.251 e. The minimum atomic E-state index is -0.861. The number of anilines is 1. The molecular formula is C19H19FN2O2. The summed E-state index contributed by atoms with van der Waals surface area (Å²) >= 11 is 0. The highest BCUT2D eigenvalue weighted by atomic mass is 19.1. The summed E-state index contributed by atoms with van der Waals surface area (Å²) in [5.74, 6) is -1.70. The van der Waals surface area contributed by atoms with Crippen molar-refractivity contribution < 1.29 is 14.0 Å². The molecule has 0 unspecified atom stereocenters. The fourth-order valence-electron chi connectivity index (χ4n) is 3.09. The Labute approximate surface area is 139 Å². The lowest BCUT2D eigenvalue weighted by molar-refractivity contribution is -0.124. The molecule has 0 bridgehead atoms. The van der Waals surface area contributed by atoms with Crippen LogP contribution in [0.2, 0.25) is 0 Å². The SMILES string of the molecule is Cc1ccc(C2(C(=O)Nc3ccc(F)c(C(N)=O)c3)CCC2)cc1. The van der Waals surface area contributed by atoms with Gasteiger partial charge in [0.15, 0.2) is 0 Å². The molecule has 3 N–H and O–H groups in total. The molecular weight excluding hydrogens is 307 g/mol. The molecule has 1 aliphatic carbocycles. The van der Waals surface area contributed by atoms with Crippen LogP contribution in [-0.2, 0) is 10.2 Å². The quantitative estimate of drug-likeness (QED) is 0.905. The monoisotopic (exact) mass is 326 g/mol. The molecule has 124 valence electrons. The number of amides is 2. The van der Waals surface area contributed by atoms with E-state index in [1.807, 2.05) is 31.2 Å². The van der Waals surface area contributed by atoms with Gasteiger partial charge in [-0.3, -0.25) is 9.59 Å². The average molecular weight is 326 g/mol.